The van der Waals surface area contributed by atoms with E-state index in [9.17, 15) is 14.4 Å². The topological polar surface area (TPSA) is 92.5 Å². The minimum atomic E-state index is -0.605. The summed E-state index contributed by atoms with van der Waals surface area (Å²) < 4.78 is 0.0135. The number of rotatable bonds is 13. The number of aryl methyl sites for hydroxylation is 1. The van der Waals surface area contributed by atoms with Crippen molar-refractivity contribution >= 4 is 79.2 Å². The number of nitrogens with two attached hydrogens (primary N) is 1. The Bertz CT molecular complexity index is 1370. The lowest BCUT2D eigenvalue weighted by atomic mass is 9.89. The number of nitrogens with zero attached hydrogens (tertiary/aromatic N) is 1. The molecule has 1 unspecified atom stereocenters. The number of nitrogens with one attached hydrogen (secondary N) is 1. The summed E-state index contributed by atoms with van der Waals surface area (Å²) in [5.41, 5.74) is 8.13. The lowest BCUT2D eigenvalue weighted by Crippen LogP contribution is -2.45. The molecule has 3 aromatic rings. The van der Waals surface area contributed by atoms with Crippen LogP contribution in [0.5, 0.6) is 0 Å². The highest BCUT2D eigenvalue weighted by atomic mass is 127. The van der Waals surface area contributed by atoms with E-state index in [-0.39, 0.29) is 31.5 Å². The molecule has 2 atom stereocenters. The van der Waals surface area contributed by atoms with E-state index in [2.05, 4.69) is 81.7 Å². The Kier molecular flexibility index (Phi) is 12.1. The molecular formula is C32H37I2N3O3. The van der Waals surface area contributed by atoms with Crippen LogP contribution in [0, 0.1) is 5.92 Å². The van der Waals surface area contributed by atoms with Crippen LogP contribution in [0.25, 0.3) is 10.8 Å². The third kappa shape index (κ3) is 9.66. The van der Waals surface area contributed by atoms with Crippen LogP contribution in [0.3, 0.4) is 0 Å². The number of Topliss-reactive ketones (excluding diaryl/α,β-unsaturated/α-hetero) is 1. The number of halogens is 2. The first-order chi connectivity index (χ1) is 19.0. The summed E-state index contributed by atoms with van der Waals surface area (Å²) in [6.45, 7) is 3.92. The summed E-state index contributed by atoms with van der Waals surface area (Å²) in [7, 11) is 1.72. The van der Waals surface area contributed by atoms with Crippen LogP contribution in [-0.2, 0) is 27.2 Å². The number of carbonyl (C=O) groups excluding carboxylic acids is 3. The van der Waals surface area contributed by atoms with E-state index in [1.807, 2.05) is 55.5 Å². The molecule has 0 aliphatic heterocycles. The van der Waals surface area contributed by atoms with Crippen molar-refractivity contribution in [1.82, 2.24) is 4.90 Å². The highest BCUT2D eigenvalue weighted by molar-refractivity contribution is 14.2. The summed E-state index contributed by atoms with van der Waals surface area (Å²) in [6.07, 6.45) is 5.83. The molecule has 40 heavy (non-hydrogen) atoms. The number of benzene rings is 3. The number of hydrogen-bond donors (Lipinski definition) is 2. The molecule has 0 aliphatic carbocycles. The molecule has 0 aromatic heterocycles. The average Bonchev–Trinajstić information content (AvgIpc) is 2.93. The van der Waals surface area contributed by atoms with Gasteiger partial charge in [0.2, 0.25) is 11.8 Å². The van der Waals surface area contributed by atoms with Crippen molar-refractivity contribution in [2.75, 3.05) is 18.9 Å². The lowest BCUT2D eigenvalue weighted by Gasteiger charge is -2.29. The third-order valence-electron chi connectivity index (χ3n) is 6.93. The van der Waals surface area contributed by atoms with Gasteiger partial charge >= 0.3 is 0 Å². The van der Waals surface area contributed by atoms with E-state index in [1.54, 1.807) is 18.0 Å². The standard InChI is InChI=1S/C32H37I2N3O3/c1-22(14-16-25-10-6-7-12-27(25)36-29(38)21-35)31(40)28(37(3)30(39)13-8-18-32(2,33)34)20-23-15-17-24-9-4-5-11-26(24)19-23/h4-13,15,17,19,22,28H,14,16,18,20-21,35H2,1-3H3,(H,36,38)/b13-8+/t22?,28-/m1/s1. The first kappa shape index (κ1) is 32.2. The minimum absolute atomic E-state index is 0.0135. The number of para-hydroxylation sites is 1. The molecule has 0 aliphatic rings. The van der Waals surface area contributed by atoms with Crippen LogP contribution in [0.1, 0.15) is 37.8 Å². The van der Waals surface area contributed by atoms with E-state index >= 15 is 0 Å². The summed E-state index contributed by atoms with van der Waals surface area (Å²) in [4.78, 5) is 40.5. The molecule has 3 aromatic carbocycles. The number of likely N-dealkylation sites (N-methyl/N-ethyl adjacent to an activating group) is 1. The average molecular weight is 765 g/mol. The van der Waals surface area contributed by atoms with Gasteiger partial charge in [-0.25, -0.2) is 0 Å². The van der Waals surface area contributed by atoms with Gasteiger partial charge < -0.3 is 16.0 Å². The molecule has 0 saturated heterocycles. The number of alkyl halides is 2. The third-order valence-corrected chi connectivity index (χ3v) is 7.81. The second-order valence-electron chi connectivity index (χ2n) is 10.3. The maximum Gasteiger partial charge on any atom is 0.246 e. The number of anilines is 1. The van der Waals surface area contributed by atoms with E-state index in [1.165, 1.54) is 0 Å². The molecule has 0 radical (unpaired) electrons. The van der Waals surface area contributed by atoms with Crippen molar-refractivity contribution in [2.45, 2.75) is 47.0 Å². The second kappa shape index (κ2) is 15.1. The molecule has 3 rings (SSSR count). The molecule has 6 nitrogen and oxygen atoms in total. The van der Waals surface area contributed by atoms with Crippen molar-refractivity contribution in [3.8, 4) is 0 Å². The van der Waals surface area contributed by atoms with Crippen LogP contribution < -0.4 is 11.1 Å². The summed E-state index contributed by atoms with van der Waals surface area (Å²) in [5, 5.41) is 5.08. The van der Waals surface area contributed by atoms with Gasteiger partial charge in [-0.3, -0.25) is 14.4 Å². The molecule has 3 N–H and O–H groups in total. The van der Waals surface area contributed by atoms with Gasteiger partial charge in [-0.05, 0) is 66.6 Å². The number of allylic oxidation sites excluding steroid dienone is 1. The Hall–Kier alpha value is -2.31. The monoisotopic (exact) mass is 765 g/mol. The molecule has 0 spiro atoms. The van der Waals surface area contributed by atoms with Crippen molar-refractivity contribution < 1.29 is 14.4 Å². The number of hydrogen-bond acceptors (Lipinski definition) is 4. The van der Waals surface area contributed by atoms with Gasteiger partial charge in [0.1, 0.15) is 0 Å². The molecule has 0 fully saturated rings. The van der Waals surface area contributed by atoms with Gasteiger partial charge in [0.15, 0.2) is 5.78 Å². The highest BCUT2D eigenvalue weighted by Crippen LogP contribution is 2.31. The second-order valence-corrected chi connectivity index (χ2v) is 17.1. The lowest BCUT2D eigenvalue weighted by molar-refractivity contribution is -0.136. The first-order valence-electron chi connectivity index (χ1n) is 13.4. The van der Waals surface area contributed by atoms with Crippen molar-refractivity contribution in [2.24, 2.45) is 11.7 Å². The molecule has 212 valence electrons. The molecular weight excluding hydrogens is 728 g/mol. The Morgan fingerprint density at radius 2 is 1.70 bits per heavy atom. The molecule has 0 heterocycles. The van der Waals surface area contributed by atoms with Gasteiger partial charge in [0.05, 0.1) is 14.0 Å². The van der Waals surface area contributed by atoms with Crippen LogP contribution in [-0.4, -0.2) is 43.6 Å². The summed E-state index contributed by atoms with van der Waals surface area (Å²) in [5.74, 6) is -0.715. The number of carbonyl (C=O) groups is 3. The molecule has 8 heteroatoms. The Morgan fingerprint density at radius 1 is 1.02 bits per heavy atom. The Morgan fingerprint density at radius 3 is 2.40 bits per heavy atom. The smallest absolute Gasteiger partial charge is 0.246 e. The Labute approximate surface area is 264 Å². The van der Waals surface area contributed by atoms with Crippen molar-refractivity contribution in [1.29, 1.82) is 0 Å². The zero-order valence-corrected chi connectivity index (χ0v) is 27.5. The Balaban J connectivity index is 1.81. The van der Waals surface area contributed by atoms with Crippen molar-refractivity contribution in [3.63, 3.8) is 0 Å². The van der Waals surface area contributed by atoms with Crippen LogP contribution >= 0.6 is 45.2 Å². The fourth-order valence-electron chi connectivity index (χ4n) is 4.56. The maximum atomic E-state index is 13.9. The fourth-order valence-corrected chi connectivity index (χ4v) is 5.07. The largest absolute Gasteiger partial charge is 0.332 e. The van der Waals surface area contributed by atoms with Gasteiger partial charge in [-0.1, -0.05) is 119 Å². The van der Waals surface area contributed by atoms with Gasteiger partial charge in [0.25, 0.3) is 0 Å². The van der Waals surface area contributed by atoms with Crippen LogP contribution in [0.4, 0.5) is 5.69 Å². The fraction of sp³-hybridized carbons (Fsp3) is 0.344. The van der Waals surface area contributed by atoms with Crippen molar-refractivity contribution in [3.05, 3.63) is 90.0 Å². The zero-order chi connectivity index (χ0) is 29.3. The van der Waals surface area contributed by atoms with Crippen LogP contribution in [0.15, 0.2) is 78.9 Å². The quantitative estimate of drug-likeness (QED) is 0.119. The molecule has 2 amide bonds. The van der Waals surface area contributed by atoms with E-state index in [0.29, 0.717) is 24.9 Å². The predicted octanol–water partition coefficient (Wildman–Crippen LogP) is 6.48. The zero-order valence-electron chi connectivity index (χ0n) is 23.2. The normalized spacial score (nSPS) is 13.2. The highest BCUT2D eigenvalue weighted by Gasteiger charge is 2.30. The molecule has 0 bridgehead atoms. The first-order valence-corrected chi connectivity index (χ1v) is 15.5. The van der Waals surface area contributed by atoms with Crippen LogP contribution in [0.2, 0.25) is 0 Å². The van der Waals surface area contributed by atoms with E-state index in [4.69, 9.17) is 5.73 Å². The maximum absolute atomic E-state index is 13.9. The van der Waals surface area contributed by atoms with Gasteiger partial charge in [-0.15, -0.1) is 0 Å². The SMILES string of the molecule is CC(CCc1ccccc1NC(=O)CN)C(=O)[C@@H](Cc1ccc2ccccc2c1)N(C)C(=O)/C=C/CC(C)(I)I. The number of fused-ring (bicyclic) bond motifs is 1. The summed E-state index contributed by atoms with van der Waals surface area (Å²) in [6, 6.07) is 21.3. The van der Waals surface area contributed by atoms with Gasteiger partial charge in [0, 0.05) is 18.7 Å². The minimum Gasteiger partial charge on any atom is -0.332 e. The van der Waals surface area contributed by atoms with E-state index < -0.39 is 6.04 Å². The molecule has 0 saturated carbocycles. The van der Waals surface area contributed by atoms with E-state index in [0.717, 1.165) is 28.3 Å². The summed E-state index contributed by atoms with van der Waals surface area (Å²) >= 11 is 4.69. The predicted molar refractivity (Wildman–Crippen MR) is 181 cm³/mol. The van der Waals surface area contributed by atoms with Gasteiger partial charge in [-0.2, -0.15) is 0 Å². The number of ketones is 1. The number of amides is 2.